The summed E-state index contributed by atoms with van der Waals surface area (Å²) in [4.78, 5) is 17.3. The van der Waals surface area contributed by atoms with Crippen molar-refractivity contribution in [1.82, 2.24) is 9.80 Å². The molecule has 1 spiro atoms. The Hall–Kier alpha value is -3.82. The fourth-order valence-corrected chi connectivity index (χ4v) is 6.10. The summed E-state index contributed by atoms with van der Waals surface area (Å²) in [5.41, 5.74) is 4.10. The van der Waals surface area contributed by atoms with Crippen molar-refractivity contribution in [2.24, 2.45) is 5.41 Å². The number of ether oxygens (including phenoxy) is 2. The molecular formula is C34H39N3O3. The maximum Gasteiger partial charge on any atom is 0.410 e. The Morgan fingerprint density at radius 2 is 1.60 bits per heavy atom. The molecule has 6 heteroatoms. The van der Waals surface area contributed by atoms with Gasteiger partial charge in [0.1, 0.15) is 18.4 Å². The van der Waals surface area contributed by atoms with Crippen LogP contribution in [0.15, 0.2) is 78.9 Å². The molecular weight excluding hydrogens is 498 g/mol. The average Bonchev–Trinajstić information content (AvgIpc) is 2.92. The monoisotopic (exact) mass is 537 g/mol. The molecule has 2 fully saturated rings. The molecule has 40 heavy (non-hydrogen) atoms. The van der Waals surface area contributed by atoms with Crippen molar-refractivity contribution >= 4 is 6.09 Å². The van der Waals surface area contributed by atoms with E-state index in [0.717, 1.165) is 56.2 Å². The largest absolute Gasteiger partial charge is 0.489 e. The van der Waals surface area contributed by atoms with Gasteiger partial charge in [-0.1, -0.05) is 66.7 Å². The molecule has 0 atom stereocenters. The van der Waals surface area contributed by atoms with Crippen molar-refractivity contribution < 1.29 is 14.3 Å². The third kappa shape index (κ3) is 6.84. The van der Waals surface area contributed by atoms with E-state index in [1.807, 2.05) is 71.6 Å². The summed E-state index contributed by atoms with van der Waals surface area (Å²) in [6.45, 7) is 1.85. The summed E-state index contributed by atoms with van der Waals surface area (Å²) in [5, 5.41) is 9.62. The van der Waals surface area contributed by atoms with Crippen molar-refractivity contribution in [3.63, 3.8) is 0 Å². The van der Waals surface area contributed by atoms with Crippen molar-refractivity contribution in [2.75, 3.05) is 20.6 Å². The molecule has 208 valence electrons. The molecule has 0 radical (unpaired) electrons. The van der Waals surface area contributed by atoms with E-state index in [2.05, 4.69) is 37.2 Å². The Bertz CT molecular complexity index is 1310. The first-order valence-electron chi connectivity index (χ1n) is 14.3. The number of benzene rings is 3. The van der Waals surface area contributed by atoms with Crippen LogP contribution in [0.25, 0.3) is 0 Å². The molecule has 0 aliphatic heterocycles. The van der Waals surface area contributed by atoms with Crippen molar-refractivity contribution in [1.29, 1.82) is 5.26 Å². The third-order valence-electron chi connectivity index (χ3n) is 8.27. The van der Waals surface area contributed by atoms with E-state index in [4.69, 9.17) is 9.47 Å². The van der Waals surface area contributed by atoms with Crippen LogP contribution in [0.4, 0.5) is 4.79 Å². The van der Waals surface area contributed by atoms with Gasteiger partial charge in [-0.2, -0.15) is 5.26 Å². The summed E-state index contributed by atoms with van der Waals surface area (Å²) in [7, 11) is 4.17. The number of nitrogens with zero attached hydrogens (tertiary/aromatic N) is 3. The molecule has 2 aliphatic rings. The van der Waals surface area contributed by atoms with Gasteiger partial charge in [0, 0.05) is 12.6 Å². The highest BCUT2D eigenvalue weighted by Crippen LogP contribution is 2.58. The van der Waals surface area contributed by atoms with Crippen LogP contribution in [0.2, 0.25) is 0 Å². The molecule has 0 heterocycles. The predicted octanol–water partition coefficient (Wildman–Crippen LogP) is 6.58. The summed E-state index contributed by atoms with van der Waals surface area (Å²) in [6.07, 6.45) is 5.70. The Labute approximate surface area is 238 Å². The molecule has 0 saturated heterocycles. The molecule has 1 amide bonds. The molecule has 2 aliphatic carbocycles. The third-order valence-corrected chi connectivity index (χ3v) is 8.27. The molecule has 3 aromatic carbocycles. The lowest BCUT2D eigenvalue weighted by Crippen LogP contribution is -2.59. The van der Waals surface area contributed by atoms with Crippen LogP contribution in [-0.4, -0.2) is 48.7 Å². The fourth-order valence-electron chi connectivity index (χ4n) is 6.10. The topological polar surface area (TPSA) is 65.8 Å². The van der Waals surface area contributed by atoms with Gasteiger partial charge in [-0.15, -0.1) is 0 Å². The highest BCUT2D eigenvalue weighted by atomic mass is 16.6. The SMILES string of the molecule is CN(C)CCCc1ccc(C#N)c(OC2CC3(C2)CC(N(Cc2ccccc2)C(=O)OCc2ccccc2)C3)c1. The van der Waals surface area contributed by atoms with Crippen LogP contribution in [0, 0.1) is 16.7 Å². The number of hydrogen-bond acceptors (Lipinski definition) is 5. The van der Waals surface area contributed by atoms with E-state index >= 15 is 0 Å². The second-order valence-electron chi connectivity index (χ2n) is 11.7. The number of carbonyl (C=O) groups is 1. The van der Waals surface area contributed by atoms with Gasteiger partial charge in [-0.05, 0) is 93.4 Å². The van der Waals surface area contributed by atoms with Crippen LogP contribution in [0.1, 0.15) is 54.4 Å². The molecule has 6 nitrogen and oxygen atoms in total. The van der Waals surface area contributed by atoms with Crippen LogP contribution in [0.5, 0.6) is 5.75 Å². The number of nitriles is 1. The first-order chi connectivity index (χ1) is 19.4. The summed E-state index contributed by atoms with van der Waals surface area (Å²) in [6, 6.07) is 28.3. The second kappa shape index (κ2) is 12.6. The summed E-state index contributed by atoms with van der Waals surface area (Å²) < 4.78 is 12.1. The number of amides is 1. The summed E-state index contributed by atoms with van der Waals surface area (Å²) >= 11 is 0. The van der Waals surface area contributed by atoms with Crippen molar-refractivity contribution in [2.45, 2.75) is 63.8 Å². The molecule has 0 bridgehead atoms. The zero-order valence-corrected chi connectivity index (χ0v) is 23.6. The minimum Gasteiger partial charge on any atom is -0.489 e. The molecule has 5 rings (SSSR count). The van der Waals surface area contributed by atoms with Gasteiger partial charge in [-0.3, -0.25) is 0 Å². The van der Waals surface area contributed by atoms with Gasteiger partial charge in [-0.25, -0.2) is 4.79 Å². The Morgan fingerprint density at radius 1 is 0.925 bits per heavy atom. The Morgan fingerprint density at radius 3 is 2.25 bits per heavy atom. The molecule has 0 unspecified atom stereocenters. The Balaban J connectivity index is 1.17. The standard InChI is InChI=1S/C34H39N3O3/c1-36(2)17-9-14-26-15-16-29(23-35)32(18-26)40-31-21-34(22-31)19-30(20-34)37(24-27-10-5-3-6-11-27)33(38)39-25-28-12-7-4-8-13-28/h3-8,10-13,15-16,18,30-31H,9,14,17,19-22,24-25H2,1-2H3. The lowest BCUT2D eigenvalue weighted by molar-refractivity contribution is -0.111. The Kier molecular flexibility index (Phi) is 8.72. The van der Waals surface area contributed by atoms with E-state index in [-0.39, 0.29) is 30.3 Å². The van der Waals surface area contributed by atoms with Crippen LogP contribution < -0.4 is 4.74 Å². The van der Waals surface area contributed by atoms with E-state index in [1.54, 1.807) is 0 Å². The number of rotatable bonds is 11. The smallest absolute Gasteiger partial charge is 0.410 e. The molecule has 3 aromatic rings. The molecule has 0 aromatic heterocycles. The van der Waals surface area contributed by atoms with E-state index in [1.165, 1.54) is 5.56 Å². The highest BCUT2D eigenvalue weighted by Gasteiger charge is 2.56. The van der Waals surface area contributed by atoms with E-state index in [0.29, 0.717) is 17.9 Å². The maximum atomic E-state index is 13.2. The normalized spacial score (nSPS) is 21.2. The van der Waals surface area contributed by atoms with Gasteiger partial charge in [0.2, 0.25) is 0 Å². The van der Waals surface area contributed by atoms with Gasteiger partial charge < -0.3 is 19.3 Å². The van der Waals surface area contributed by atoms with Gasteiger partial charge >= 0.3 is 6.09 Å². The van der Waals surface area contributed by atoms with Gasteiger partial charge in [0.05, 0.1) is 11.7 Å². The first-order valence-corrected chi connectivity index (χ1v) is 14.3. The number of aryl methyl sites for hydroxylation is 1. The van der Waals surface area contributed by atoms with Gasteiger partial charge in [0.25, 0.3) is 0 Å². The van der Waals surface area contributed by atoms with Gasteiger partial charge in [0.15, 0.2) is 0 Å². The van der Waals surface area contributed by atoms with Crippen molar-refractivity contribution in [3.05, 3.63) is 101 Å². The maximum absolute atomic E-state index is 13.2. The zero-order chi connectivity index (χ0) is 28.0. The quantitative estimate of drug-likeness (QED) is 0.276. The molecule has 0 N–H and O–H groups in total. The lowest BCUT2D eigenvalue weighted by Gasteiger charge is -2.59. The average molecular weight is 538 g/mol. The van der Waals surface area contributed by atoms with Crippen molar-refractivity contribution in [3.8, 4) is 11.8 Å². The van der Waals surface area contributed by atoms with Crippen LogP contribution in [-0.2, 0) is 24.3 Å². The fraction of sp³-hybridized carbons (Fsp3) is 0.412. The minimum atomic E-state index is -0.260. The lowest BCUT2D eigenvalue weighted by atomic mass is 9.52. The molecule has 2 saturated carbocycles. The predicted molar refractivity (Wildman–Crippen MR) is 156 cm³/mol. The van der Waals surface area contributed by atoms with Crippen LogP contribution >= 0.6 is 0 Å². The number of carbonyl (C=O) groups excluding carboxylic acids is 1. The number of hydrogen-bond donors (Lipinski definition) is 0. The zero-order valence-electron chi connectivity index (χ0n) is 23.6. The second-order valence-corrected chi connectivity index (χ2v) is 11.7. The van der Waals surface area contributed by atoms with E-state index in [9.17, 15) is 10.1 Å². The summed E-state index contributed by atoms with van der Waals surface area (Å²) in [5.74, 6) is 0.704. The van der Waals surface area contributed by atoms with Crippen LogP contribution in [0.3, 0.4) is 0 Å². The minimum absolute atomic E-state index is 0.109. The van der Waals surface area contributed by atoms with E-state index < -0.39 is 0 Å². The first kappa shape index (κ1) is 27.7. The highest BCUT2D eigenvalue weighted by molar-refractivity contribution is 5.68.